The van der Waals surface area contributed by atoms with Crippen molar-refractivity contribution in [3.05, 3.63) is 29.8 Å². The zero-order valence-corrected chi connectivity index (χ0v) is 13.8. The van der Waals surface area contributed by atoms with Crippen LogP contribution in [0, 0.1) is 6.92 Å². The van der Waals surface area contributed by atoms with Crippen LogP contribution in [0.25, 0.3) is 0 Å². The van der Waals surface area contributed by atoms with E-state index in [1.54, 1.807) is 0 Å². The highest BCUT2D eigenvalue weighted by Gasteiger charge is 2.34. The van der Waals surface area contributed by atoms with Crippen LogP contribution in [0.15, 0.2) is 24.3 Å². The molecule has 0 spiro atoms. The maximum absolute atomic E-state index is 12.0. The van der Waals surface area contributed by atoms with Crippen molar-refractivity contribution < 1.29 is 19.4 Å². The predicted octanol–water partition coefficient (Wildman–Crippen LogP) is 2.87. The lowest BCUT2D eigenvalue weighted by Crippen LogP contribution is -2.50. The molecule has 0 atom stereocenters. The van der Waals surface area contributed by atoms with Crippen LogP contribution in [0.1, 0.15) is 38.7 Å². The van der Waals surface area contributed by atoms with Gasteiger partial charge in [-0.2, -0.15) is 0 Å². The first-order valence-electron chi connectivity index (χ1n) is 7.44. The molecule has 0 heterocycles. The number of hydrogen-bond donors (Lipinski definition) is 1. The Kier molecular flexibility index (Phi) is 6.40. The quantitative estimate of drug-likeness (QED) is 0.750. The summed E-state index contributed by atoms with van der Waals surface area (Å²) in [7, 11) is 1.53. The van der Waals surface area contributed by atoms with E-state index in [1.807, 2.05) is 31.2 Å². The summed E-state index contributed by atoms with van der Waals surface area (Å²) in [5, 5.41) is 9.10. The summed E-state index contributed by atoms with van der Waals surface area (Å²) >= 11 is 0. The first-order chi connectivity index (χ1) is 10.2. The minimum Gasteiger partial charge on any atom is -0.494 e. The van der Waals surface area contributed by atoms with Gasteiger partial charge in [0.25, 0.3) is 0 Å². The molecule has 0 saturated heterocycles. The number of benzene rings is 1. The van der Waals surface area contributed by atoms with Gasteiger partial charge in [-0.3, -0.25) is 4.79 Å². The molecule has 0 aliphatic rings. The number of carbonyl (C=O) groups is 2. The Labute approximate surface area is 131 Å². The van der Waals surface area contributed by atoms with E-state index >= 15 is 0 Å². The first-order valence-corrected chi connectivity index (χ1v) is 7.44. The van der Waals surface area contributed by atoms with Gasteiger partial charge in [0, 0.05) is 13.5 Å². The summed E-state index contributed by atoms with van der Waals surface area (Å²) in [5.74, 6) is -0.343. The summed E-state index contributed by atoms with van der Waals surface area (Å²) < 4.78 is 5.62. The van der Waals surface area contributed by atoms with Gasteiger partial charge in [-0.1, -0.05) is 12.1 Å². The van der Waals surface area contributed by atoms with Gasteiger partial charge in [0.05, 0.1) is 6.61 Å². The third-order valence-corrected chi connectivity index (χ3v) is 3.78. The summed E-state index contributed by atoms with van der Waals surface area (Å²) in [5.41, 5.74) is -0.0417. The SMILES string of the molecule is Cc1cccc(OCCCCC(=O)N(C)C(C)(C)C(=O)O)c1. The van der Waals surface area contributed by atoms with Crippen molar-refractivity contribution in [1.82, 2.24) is 4.90 Å². The van der Waals surface area contributed by atoms with Crippen LogP contribution in [0.4, 0.5) is 0 Å². The van der Waals surface area contributed by atoms with Gasteiger partial charge < -0.3 is 14.7 Å². The Morgan fingerprint density at radius 1 is 1.27 bits per heavy atom. The first kappa shape index (κ1) is 18.0. The van der Waals surface area contributed by atoms with Crippen LogP contribution < -0.4 is 4.74 Å². The molecular weight excluding hydrogens is 282 g/mol. The number of carboxylic acid groups (broad SMARTS) is 1. The Hall–Kier alpha value is -2.04. The van der Waals surface area contributed by atoms with Crippen molar-refractivity contribution in [3.63, 3.8) is 0 Å². The molecule has 22 heavy (non-hydrogen) atoms. The van der Waals surface area contributed by atoms with E-state index in [1.165, 1.54) is 25.8 Å². The van der Waals surface area contributed by atoms with E-state index in [-0.39, 0.29) is 5.91 Å². The van der Waals surface area contributed by atoms with Gasteiger partial charge in [-0.05, 0) is 51.3 Å². The van der Waals surface area contributed by atoms with Crippen molar-refractivity contribution in [1.29, 1.82) is 0 Å². The van der Waals surface area contributed by atoms with Crippen LogP contribution >= 0.6 is 0 Å². The largest absolute Gasteiger partial charge is 0.494 e. The number of aliphatic carboxylic acids is 1. The number of rotatable bonds is 8. The van der Waals surface area contributed by atoms with Crippen LogP contribution in [0.5, 0.6) is 5.75 Å². The van der Waals surface area contributed by atoms with Gasteiger partial charge >= 0.3 is 5.97 Å². The smallest absolute Gasteiger partial charge is 0.329 e. The van der Waals surface area contributed by atoms with E-state index in [4.69, 9.17) is 9.84 Å². The van der Waals surface area contributed by atoms with Crippen molar-refractivity contribution in [2.24, 2.45) is 0 Å². The van der Waals surface area contributed by atoms with Crippen LogP contribution in [0.2, 0.25) is 0 Å². The summed E-state index contributed by atoms with van der Waals surface area (Å²) in [6.07, 6.45) is 1.75. The monoisotopic (exact) mass is 307 g/mol. The molecule has 0 fully saturated rings. The van der Waals surface area contributed by atoms with E-state index in [0.717, 1.165) is 17.7 Å². The number of hydrogen-bond acceptors (Lipinski definition) is 3. The number of ether oxygens (including phenoxy) is 1. The maximum atomic E-state index is 12.0. The number of carbonyl (C=O) groups excluding carboxylic acids is 1. The number of likely N-dealkylation sites (N-methyl/N-ethyl adjacent to an activating group) is 1. The average Bonchev–Trinajstić information content (AvgIpc) is 2.45. The molecule has 5 heteroatoms. The van der Waals surface area contributed by atoms with Gasteiger partial charge in [-0.15, -0.1) is 0 Å². The Morgan fingerprint density at radius 3 is 2.55 bits per heavy atom. The fraction of sp³-hybridized carbons (Fsp3) is 0.529. The molecular formula is C17H25NO4. The number of unbranched alkanes of at least 4 members (excludes halogenated alkanes) is 1. The molecule has 1 rings (SSSR count). The van der Waals surface area contributed by atoms with Crippen LogP contribution in [-0.2, 0) is 9.59 Å². The molecule has 1 aromatic rings. The van der Waals surface area contributed by atoms with Crippen molar-refractivity contribution in [3.8, 4) is 5.75 Å². The van der Waals surface area contributed by atoms with Gasteiger partial charge in [0.15, 0.2) is 0 Å². The molecule has 0 aliphatic heterocycles. The third kappa shape index (κ3) is 5.06. The molecule has 0 unspecified atom stereocenters. The van der Waals surface area contributed by atoms with Gasteiger partial charge in [0.2, 0.25) is 5.91 Å². The third-order valence-electron chi connectivity index (χ3n) is 3.78. The number of nitrogens with zero attached hydrogens (tertiary/aromatic N) is 1. The molecule has 1 amide bonds. The standard InChI is InChI=1S/C17H25NO4/c1-13-8-7-9-14(12-13)22-11-6-5-10-15(19)18(4)17(2,3)16(20)21/h7-9,12H,5-6,10-11H2,1-4H3,(H,20,21). The minimum absolute atomic E-state index is 0.164. The molecule has 5 nitrogen and oxygen atoms in total. The fourth-order valence-corrected chi connectivity index (χ4v) is 1.90. The van der Waals surface area contributed by atoms with E-state index in [9.17, 15) is 9.59 Å². The maximum Gasteiger partial charge on any atom is 0.329 e. The van der Waals surface area contributed by atoms with Gasteiger partial charge in [-0.25, -0.2) is 4.79 Å². The minimum atomic E-state index is -1.19. The molecule has 0 radical (unpaired) electrons. The van der Waals surface area contributed by atoms with Crippen LogP contribution in [-0.4, -0.2) is 41.1 Å². The Balaban J connectivity index is 2.30. The second kappa shape index (κ2) is 7.82. The predicted molar refractivity (Wildman–Crippen MR) is 85.0 cm³/mol. The molecule has 122 valence electrons. The zero-order chi connectivity index (χ0) is 16.8. The average molecular weight is 307 g/mol. The van der Waals surface area contributed by atoms with Crippen molar-refractivity contribution in [2.45, 2.75) is 45.6 Å². The molecule has 0 bridgehead atoms. The molecule has 1 aromatic carbocycles. The summed E-state index contributed by atoms with van der Waals surface area (Å²) in [6.45, 7) is 5.59. The van der Waals surface area contributed by atoms with E-state index in [2.05, 4.69) is 0 Å². The van der Waals surface area contributed by atoms with Crippen molar-refractivity contribution >= 4 is 11.9 Å². The second-order valence-electron chi connectivity index (χ2n) is 5.94. The van der Waals surface area contributed by atoms with E-state index < -0.39 is 11.5 Å². The summed E-state index contributed by atoms with van der Waals surface area (Å²) in [6, 6.07) is 7.82. The highest BCUT2D eigenvalue weighted by atomic mass is 16.5. The molecule has 0 aromatic heterocycles. The van der Waals surface area contributed by atoms with Crippen LogP contribution in [0.3, 0.4) is 0 Å². The number of aryl methyl sites for hydroxylation is 1. The molecule has 1 N–H and O–H groups in total. The topological polar surface area (TPSA) is 66.8 Å². The number of carboxylic acids is 1. The van der Waals surface area contributed by atoms with Crippen molar-refractivity contribution in [2.75, 3.05) is 13.7 Å². The Morgan fingerprint density at radius 2 is 1.95 bits per heavy atom. The second-order valence-corrected chi connectivity index (χ2v) is 5.94. The highest BCUT2D eigenvalue weighted by Crippen LogP contribution is 2.16. The summed E-state index contributed by atoms with van der Waals surface area (Å²) in [4.78, 5) is 24.4. The lowest BCUT2D eigenvalue weighted by Gasteiger charge is -2.31. The van der Waals surface area contributed by atoms with Gasteiger partial charge in [0.1, 0.15) is 11.3 Å². The lowest BCUT2D eigenvalue weighted by molar-refractivity contribution is -0.155. The van der Waals surface area contributed by atoms with E-state index in [0.29, 0.717) is 19.4 Å². The zero-order valence-electron chi connectivity index (χ0n) is 13.8. The highest BCUT2D eigenvalue weighted by molar-refractivity contribution is 5.86. The number of amides is 1. The molecule has 0 saturated carbocycles. The fourth-order valence-electron chi connectivity index (χ4n) is 1.90. The lowest BCUT2D eigenvalue weighted by atomic mass is 10.0. The Bertz CT molecular complexity index is 525. The normalized spacial score (nSPS) is 11.1. The molecule has 0 aliphatic carbocycles.